The van der Waals surface area contributed by atoms with Gasteiger partial charge in [-0.05, 0) is 42.6 Å². The van der Waals surface area contributed by atoms with Crippen LogP contribution in [0.4, 0.5) is 0 Å². The maximum atomic E-state index is 11.9. The van der Waals surface area contributed by atoms with Gasteiger partial charge in [-0.15, -0.1) is 0 Å². The lowest BCUT2D eigenvalue weighted by Crippen LogP contribution is -2.30. The second kappa shape index (κ2) is 5.73. The number of carbonyl (C=O) groups is 2. The molecule has 1 aliphatic heterocycles. The van der Waals surface area contributed by atoms with Crippen molar-refractivity contribution in [3.63, 3.8) is 0 Å². The first-order valence-electron chi connectivity index (χ1n) is 6.21. The minimum Gasteiger partial charge on any atom is -0.472 e. The van der Waals surface area contributed by atoms with Crippen LogP contribution in [0.2, 0.25) is 0 Å². The van der Waals surface area contributed by atoms with Crippen LogP contribution in [0.3, 0.4) is 0 Å². The van der Waals surface area contributed by atoms with Gasteiger partial charge < -0.3 is 14.2 Å². The van der Waals surface area contributed by atoms with Crippen molar-refractivity contribution in [1.82, 2.24) is 0 Å². The summed E-state index contributed by atoms with van der Waals surface area (Å²) in [4.78, 5) is 23.1. The third kappa shape index (κ3) is 2.86. The highest BCUT2D eigenvalue weighted by atomic mass is 16.6. The third-order valence-electron chi connectivity index (χ3n) is 2.98. The van der Waals surface area contributed by atoms with E-state index in [2.05, 4.69) is 0 Å². The van der Waals surface area contributed by atoms with E-state index in [1.807, 2.05) is 0 Å². The molecule has 0 N–H and O–H groups in total. The Hall–Kier alpha value is -2.04. The molecule has 0 bridgehead atoms. The zero-order chi connectivity index (χ0) is 13.8. The average Bonchev–Trinajstić information content (AvgIpc) is 2.79. The number of allylic oxidation sites excluding steroid dienone is 3. The molecule has 1 atom stereocenters. The molecule has 102 valence electrons. The molecule has 5 heteroatoms. The molecule has 0 radical (unpaired) electrons. The normalized spacial score (nSPS) is 18.3. The van der Waals surface area contributed by atoms with Crippen LogP contribution in [-0.4, -0.2) is 24.6 Å². The van der Waals surface area contributed by atoms with E-state index in [0.717, 1.165) is 23.1 Å². The van der Waals surface area contributed by atoms with Gasteiger partial charge in [0.25, 0.3) is 0 Å². The molecule has 2 rings (SSSR count). The number of hydrogen-bond acceptors (Lipinski definition) is 5. The van der Waals surface area contributed by atoms with Crippen molar-refractivity contribution >= 4 is 11.9 Å². The molecule has 0 fully saturated rings. The van der Waals surface area contributed by atoms with Gasteiger partial charge in [-0.3, -0.25) is 4.79 Å². The van der Waals surface area contributed by atoms with E-state index in [-0.39, 0.29) is 6.61 Å². The van der Waals surface area contributed by atoms with E-state index in [9.17, 15) is 9.59 Å². The molecule has 1 heterocycles. The Morgan fingerprint density at radius 3 is 2.89 bits per heavy atom. The Morgan fingerprint density at radius 2 is 2.21 bits per heavy atom. The summed E-state index contributed by atoms with van der Waals surface area (Å²) in [6.07, 6.45) is 5.45. The van der Waals surface area contributed by atoms with E-state index in [1.54, 1.807) is 25.5 Å². The monoisotopic (exact) mass is 264 g/mol. The van der Waals surface area contributed by atoms with Crippen LogP contribution >= 0.6 is 0 Å². The number of rotatable bonds is 4. The van der Waals surface area contributed by atoms with Crippen LogP contribution in [0.25, 0.3) is 0 Å². The topological polar surface area (TPSA) is 61.8 Å². The van der Waals surface area contributed by atoms with Gasteiger partial charge >= 0.3 is 11.9 Å². The van der Waals surface area contributed by atoms with Crippen molar-refractivity contribution in [2.45, 2.75) is 32.8 Å². The molecular weight excluding hydrogens is 248 g/mol. The maximum Gasteiger partial charge on any atom is 0.351 e. The first kappa shape index (κ1) is 13.4. The van der Waals surface area contributed by atoms with Crippen LogP contribution in [0.5, 0.6) is 0 Å². The van der Waals surface area contributed by atoms with Crippen molar-refractivity contribution in [3.8, 4) is 0 Å². The number of esters is 2. The standard InChI is InChI=1S/C14H16O5/c1-3-18-14(16)13(19-9(2)15)12-5-4-10-8-17-7-6-11(10)12/h6-8,13H,3-5H2,1-2H3. The van der Waals surface area contributed by atoms with E-state index in [4.69, 9.17) is 14.2 Å². The molecule has 19 heavy (non-hydrogen) atoms. The zero-order valence-corrected chi connectivity index (χ0v) is 11.0. The van der Waals surface area contributed by atoms with Crippen molar-refractivity contribution in [1.29, 1.82) is 0 Å². The summed E-state index contributed by atoms with van der Waals surface area (Å²) in [5, 5.41) is 0. The molecule has 0 aromatic carbocycles. The van der Waals surface area contributed by atoms with Crippen LogP contribution in [0, 0.1) is 0 Å². The summed E-state index contributed by atoms with van der Waals surface area (Å²) in [5.41, 5.74) is 2.70. The Bertz CT molecular complexity index is 484. The van der Waals surface area contributed by atoms with Crippen molar-refractivity contribution in [2.24, 2.45) is 0 Å². The Labute approximate surface area is 111 Å². The molecule has 0 aromatic rings. The predicted octanol–water partition coefficient (Wildman–Crippen LogP) is 2.00. The lowest BCUT2D eigenvalue weighted by molar-refractivity contribution is -0.163. The van der Waals surface area contributed by atoms with Crippen LogP contribution in [0.1, 0.15) is 26.7 Å². The lowest BCUT2D eigenvalue weighted by atomic mass is 10.0. The Balaban J connectivity index is 2.30. The summed E-state index contributed by atoms with van der Waals surface area (Å²) >= 11 is 0. The van der Waals surface area contributed by atoms with E-state index in [0.29, 0.717) is 6.42 Å². The Kier molecular flexibility index (Phi) is 4.04. The minimum absolute atomic E-state index is 0.251. The van der Waals surface area contributed by atoms with Crippen LogP contribution in [-0.2, 0) is 23.8 Å². The molecule has 0 saturated heterocycles. The molecule has 1 unspecified atom stereocenters. The van der Waals surface area contributed by atoms with E-state index in [1.165, 1.54) is 6.92 Å². The number of fused-ring (bicyclic) bond motifs is 1. The highest BCUT2D eigenvalue weighted by molar-refractivity contribution is 5.83. The summed E-state index contributed by atoms with van der Waals surface area (Å²) in [7, 11) is 0. The highest BCUT2D eigenvalue weighted by Crippen LogP contribution is 2.37. The number of ether oxygens (including phenoxy) is 3. The molecule has 0 aromatic heterocycles. The van der Waals surface area contributed by atoms with Gasteiger partial charge in [-0.1, -0.05) is 0 Å². The van der Waals surface area contributed by atoms with Gasteiger partial charge in [0.15, 0.2) is 0 Å². The van der Waals surface area contributed by atoms with Gasteiger partial charge in [0, 0.05) is 6.92 Å². The number of hydrogen-bond donors (Lipinski definition) is 0. The zero-order valence-electron chi connectivity index (χ0n) is 11.0. The average molecular weight is 264 g/mol. The fourth-order valence-electron chi connectivity index (χ4n) is 2.23. The predicted molar refractivity (Wildman–Crippen MR) is 66.8 cm³/mol. The lowest BCUT2D eigenvalue weighted by Gasteiger charge is -2.18. The quantitative estimate of drug-likeness (QED) is 0.727. The van der Waals surface area contributed by atoms with E-state index >= 15 is 0 Å². The smallest absolute Gasteiger partial charge is 0.351 e. The van der Waals surface area contributed by atoms with Gasteiger partial charge in [0.2, 0.25) is 6.10 Å². The fourth-order valence-corrected chi connectivity index (χ4v) is 2.23. The highest BCUT2D eigenvalue weighted by Gasteiger charge is 2.33. The van der Waals surface area contributed by atoms with Crippen molar-refractivity contribution in [2.75, 3.05) is 6.61 Å². The van der Waals surface area contributed by atoms with Crippen LogP contribution in [0.15, 0.2) is 35.3 Å². The van der Waals surface area contributed by atoms with Crippen molar-refractivity contribution in [3.05, 3.63) is 35.3 Å². The van der Waals surface area contributed by atoms with Gasteiger partial charge in [0.05, 0.1) is 19.1 Å². The molecule has 2 aliphatic rings. The first-order valence-corrected chi connectivity index (χ1v) is 6.21. The second-order valence-electron chi connectivity index (χ2n) is 4.26. The Morgan fingerprint density at radius 1 is 1.42 bits per heavy atom. The SMILES string of the molecule is CCOC(=O)C(OC(C)=O)C1=C2C=COC=C2CC1. The van der Waals surface area contributed by atoms with Gasteiger partial charge in [-0.25, -0.2) is 4.79 Å². The second-order valence-corrected chi connectivity index (χ2v) is 4.26. The summed E-state index contributed by atoms with van der Waals surface area (Å²) in [6.45, 7) is 3.25. The maximum absolute atomic E-state index is 11.9. The molecule has 1 aliphatic carbocycles. The summed E-state index contributed by atoms with van der Waals surface area (Å²) in [6, 6.07) is 0. The molecule has 0 spiro atoms. The third-order valence-corrected chi connectivity index (χ3v) is 2.98. The molecule has 0 saturated carbocycles. The molecular formula is C14H16O5. The fraction of sp³-hybridized carbons (Fsp3) is 0.429. The number of carbonyl (C=O) groups excluding carboxylic acids is 2. The minimum atomic E-state index is -0.957. The molecule has 5 nitrogen and oxygen atoms in total. The summed E-state index contributed by atoms with van der Waals surface area (Å²) in [5.74, 6) is -1.03. The van der Waals surface area contributed by atoms with Crippen LogP contribution < -0.4 is 0 Å². The van der Waals surface area contributed by atoms with E-state index < -0.39 is 18.0 Å². The van der Waals surface area contributed by atoms with Gasteiger partial charge in [0.1, 0.15) is 0 Å². The van der Waals surface area contributed by atoms with Gasteiger partial charge in [-0.2, -0.15) is 0 Å². The summed E-state index contributed by atoms with van der Waals surface area (Å²) < 4.78 is 15.2. The van der Waals surface area contributed by atoms with Crippen molar-refractivity contribution < 1.29 is 23.8 Å². The largest absolute Gasteiger partial charge is 0.472 e. The molecule has 0 amide bonds. The first-order chi connectivity index (χ1) is 9.13.